The fourth-order valence-corrected chi connectivity index (χ4v) is 3.92. The van der Waals surface area contributed by atoms with Crippen LogP contribution >= 0.6 is 12.4 Å². The van der Waals surface area contributed by atoms with Crippen molar-refractivity contribution in [1.82, 2.24) is 14.9 Å². The van der Waals surface area contributed by atoms with E-state index in [9.17, 15) is 18.0 Å². The quantitative estimate of drug-likeness (QED) is 0.576. The van der Waals surface area contributed by atoms with Gasteiger partial charge in [0.15, 0.2) is 0 Å². The van der Waals surface area contributed by atoms with Gasteiger partial charge in [-0.2, -0.15) is 4.31 Å². The number of likely N-dealkylation sites (N-methyl/N-ethyl adjacent to an activating group) is 1. The monoisotopic (exact) mass is 406 g/mol. The predicted octanol–water partition coefficient (Wildman–Crippen LogP) is 0.139. The summed E-state index contributed by atoms with van der Waals surface area (Å²) in [5.74, 6) is -0.303. The number of carbonyl (C=O) groups is 2. The third-order valence-electron chi connectivity index (χ3n) is 4.39. The Kier molecular flexibility index (Phi) is 6.64. The van der Waals surface area contributed by atoms with Gasteiger partial charge in [0, 0.05) is 25.2 Å². The lowest BCUT2D eigenvalue weighted by Gasteiger charge is -2.26. The van der Waals surface area contributed by atoms with Crippen molar-refractivity contribution in [2.45, 2.75) is 30.3 Å². The number of amides is 3. The summed E-state index contributed by atoms with van der Waals surface area (Å²) in [5, 5.41) is 4.65. The second-order valence-corrected chi connectivity index (χ2v) is 8.00. The molecule has 1 aromatic carbocycles. The summed E-state index contributed by atoms with van der Waals surface area (Å²) in [6, 6.07) is 3.11. The van der Waals surface area contributed by atoms with E-state index < -0.39 is 33.5 Å². The highest BCUT2D eigenvalue weighted by Crippen LogP contribution is 2.34. The van der Waals surface area contributed by atoms with E-state index in [0.29, 0.717) is 0 Å². The van der Waals surface area contributed by atoms with Gasteiger partial charge >= 0.3 is 6.03 Å². The first-order chi connectivity index (χ1) is 11.6. The average Bonchev–Trinajstić information content (AvgIpc) is 2.85. The second-order valence-electron chi connectivity index (χ2n) is 6.00. The molecule has 11 heteroatoms. The number of benzene rings is 1. The lowest BCUT2D eigenvalue weighted by molar-refractivity contribution is -0.123. The van der Waals surface area contributed by atoms with Crippen LogP contribution in [0.3, 0.4) is 0 Å². The Morgan fingerprint density at radius 1 is 1.35 bits per heavy atom. The highest BCUT2D eigenvalue weighted by Gasteiger charge is 2.45. The summed E-state index contributed by atoms with van der Waals surface area (Å²) in [4.78, 5) is 23.7. The van der Waals surface area contributed by atoms with Gasteiger partial charge in [-0.15, -0.1) is 12.4 Å². The zero-order valence-electron chi connectivity index (χ0n) is 14.9. The number of hydrogen-bond donors (Lipinski definition) is 3. The molecule has 1 aliphatic rings. The van der Waals surface area contributed by atoms with Crippen LogP contribution in [0.4, 0.5) is 4.79 Å². The van der Waals surface area contributed by atoms with Crippen LogP contribution in [0.25, 0.3) is 0 Å². The third-order valence-corrected chi connectivity index (χ3v) is 6.36. The van der Waals surface area contributed by atoms with Crippen molar-refractivity contribution in [2.75, 3.05) is 20.7 Å². The normalized spacial score (nSPS) is 21.0. The van der Waals surface area contributed by atoms with Crippen LogP contribution in [0.1, 0.15) is 19.4 Å². The topological polar surface area (TPSA) is 131 Å². The molecule has 1 saturated heterocycles. The first-order valence-corrected chi connectivity index (χ1v) is 9.02. The molecule has 3 amide bonds. The van der Waals surface area contributed by atoms with Crippen LogP contribution in [0.5, 0.6) is 5.75 Å². The van der Waals surface area contributed by atoms with Crippen LogP contribution in [0.2, 0.25) is 0 Å². The van der Waals surface area contributed by atoms with Crippen LogP contribution in [0.15, 0.2) is 23.1 Å². The number of halogens is 1. The van der Waals surface area contributed by atoms with Gasteiger partial charge in [0.25, 0.3) is 5.91 Å². The van der Waals surface area contributed by atoms with E-state index in [1.807, 2.05) is 0 Å². The molecule has 146 valence electrons. The summed E-state index contributed by atoms with van der Waals surface area (Å²) < 4.78 is 32.0. The Morgan fingerprint density at radius 2 is 1.96 bits per heavy atom. The molecule has 0 spiro atoms. The van der Waals surface area contributed by atoms with Crippen molar-refractivity contribution in [3.8, 4) is 5.75 Å². The maximum absolute atomic E-state index is 12.8. The van der Waals surface area contributed by atoms with Gasteiger partial charge in [0.2, 0.25) is 10.0 Å². The first-order valence-electron chi connectivity index (χ1n) is 7.58. The molecular weight excluding hydrogens is 384 g/mol. The van der Waals surface area contributed by atoms with E-state index in [-0.39, 0.29) is 35.2 Å². The number of carbonyl (C=O) groups excluding carboxylic acids is 2. The van der Waals surface area contributed by atoms with Gasteiger partial charge in [-0.3, -0.25) is 10.1 Å². The van der Waals surface area contributed by atoms with Gasteiger partial charge in [-0.25, -0.2) is 13.2 Å². The standard InChI is InChI=1S/C15H22N4O5S.ClH/c1-9(8-16)19(3)25(22,23)10-5-6-12(24-4)11(7-10)15(2)13(20)17-14(21)18-15;/h5-7,9H,8,16H2,1-4H3,(H2,17,18,20,21);1H. The third kappa shape index (κ3) is 3.63. The Balaban J connectivity index is 0.00000338. The Hall–Kier alpha value is -1.88. The van der Waals surface area contributed by atoms with Gasteiger partial charge in [-0.05, 0) is 32.0 Å². The van der Waals surface area contributed by atoms with E-state index in [4.69, 9.17) is 10.5 Å². The average molecular weight is 407 g/mol. The molecule has 1 fully saturated rings. The van der Waals surface area contributed by atoms with Crippen molar-refractivity contribution in [3.63, 3.8) is 0 Å². The van der Waals surface area contributed by atoms with Gasteiger partial charge < -0.3 is 15.8 Å². The summed E-state index contributed by atoms with van der Waals surface area (Å²) in [5.41, 5.74) is 4.36. The minimum absolute atomic E-state index is 0. The summed E-state index contributed by atoms with van der Waals surface area (Å²) in [6.45, 7) is 3.33. The largest absolute Gasteiger partial charge is 0.496 e. The Bertz CT molecular complexity index is 816. The minimum atomic E-state index is -3.83. The van der Waals surface area contributed by atoms with Crippen molar-refractivity contribution in [2.24, 2.45) is 5.73 Å². The second kappa shape index (κ2) is 7.78. The Morgan fingerprint density at radius 3 is 2.42 bits per heavy atom. The summed E-state index contributed by atoms with van der Waals surface area (Å²) in [7, 11) is -1.00. The van der Waals surface area contributed by atoms with E-state index in [2.05, 4.69) is 10.6 Å². The number of urea groups is 1. The molecule has 0 saturated carbocycles. The fraction of sp³-hybridized carbons (Fsp3) is 0.467. The number of nitrogens with two attached hydrogens (primary N) is 1. The Labute approximate surface area is 158 Å². The van der Waals surface area contributed by atoms with Crippen molar-refractivity contribution >= 4 is 34.4 Å². The smallest absolute Gasteiger partial charge is 0.322 e. The molecule has 9 nitrogen and oxygen atoms in total. The van der Waals surface area contributed by atoms with Crippen LogP contribution in [-0.2, 0) is 20.4 Å². The van der Waals surface area contributed by atoms with E-state index in [0.717, 1.165) is 4.31 Å². The molecule has 1 aliphatic heterocycles. The van der Waals surface area contributed by atoms with Gasteiger partial charge in [0.1, 0.15) is 11.3 Å². The molecule has 0 aliphatic carbocycles. The van der Waals surface area contributed by atoms with Gasteiger partial charge in [0.05, 0.1) is 12.0 Å². The molecule has 1 heterocycles. The number of hydrogen-bond acceptors (Lipinski definition) is 6. The van der Waals surface area contributed by atoms with Crippen LogP contribution in [0, 0.1) is 0 Å². The number of methoxy groups -OCH3 is 1. The van der Waals surface area contributed by atoms with E-state index in [1.165, 1.54) is 39.3 Å². The zero-order valence-corrected chi connectivity index (χ0v) is 16.5. The number of ether oxygens (including phenoxy) is 1. The molecule has 2 rings (SSSR count). The highest BCUT2D eigenvalue weighted by atomic mass is 35.5. The number of imide groups is 1. The van der Waals surface area contributed by atoms with E-state index >= 15 is 0 Å². The molecule has 4 N–H and O–H groups in total. The number of nitrogens with zero attached hydrogens (tertiary/aromatic N) is 1. The maximum Gasteiger partial charge on any atom is 0.322 e. The molecule has 0 radical (unpaired) electrons. The number of sulfonamides is 1. The lowest BCUT2D eigenvalue weighted by Crippen LogP contribution is -2.42. The predicted molar refractivity (Wildman–Crippen MR) is 97.7 cm³/mol. The first kappa shape index (κ1) is 22.2. The van der Waals surface area contributed by atoms with Crippen molar-refractivity contribution < 1.29 is 22.7 Å². The lowest BCUT2D eigenvalue weighted by atomic mass is 9.91. The number of rotatable bonds is 6. The van der Waals surface area contributed by atoms with Crippen molar-refractivity contribution in [1.29, 1.82) is 0 Å². The SMILES string of the molecule is COc1ccc(S(=O)(=O)N(C)C(C)CN)cc1C1(C)NC(=O)NC1=O.Cl. The van der Waals surface area contributed by atoms with Gasteiger partial charge in [-0.1, -0.05) is 0 Å². The molecule has 26 heavy (non-hydrogen) atoms. The molecular formula is C15H23ClN4O5S. The van der Waals surface area contributed by atoms with Crippen LogP contribution < -0.4 is 21.1 Å². The molecule has 1 aromatic rings. The van der Waals surface area contributed by atoms with E-state index in [1.54, 1.807) is 6.92 Å². The zero-order chi connectivity index (χ0) is 19.0. The molecule has 0 aromatic heterocycles. The summed E-state index contributed by atoms with van der Waals surface area (Å²) >= 11 is 0. The molecule has 2 unspecified atom stereocenters. The highest BCUT2D eigenvalue weighted by molar-refractivity contribution is 7.89. The van der Waals surface area contributed by atoms with Crippen molar-refractivity contribution in [3.05, 3.63) is 23.8 Å². The van der Waals surface area contributed by atoms with Crippen LogP contribution in [-0.4, -0.2) is 51.4 Å². The maximum atomic E-state index is 12.8. The minimum Gasteiger partial charge on any atom is -0.496 e. The molecule has 2 atom stereocenters. The molecule has 0 bridgehead atoms. The fourth-order valence-electron chi connectivity index (χ4n) is 2.52. The summed E-state index contributed by atoms with van der Waals surface area (Å²) in [6.07, 6.45) is 0. The number of nitrogens with one attached hydrogen (secondary N) is 2.